The van der Waals surface area contributed by atoms with E-state index in [1.807, 2.05) is 0 Å². The summed E-state index contributed by atoms with van der Waals surface area (Å²) in [5.74, 6) is -0.766. The second-order valence-corrected chi connectivity index (χ2v) is 7.89. The van der Waals surface area contributed by atoms with Crippen LogP contribution in [-0.2, 0) is 21.4 Å². The molecule has 1 atom stereocenters. The predicted octanol–water partition coefficient (Wildman–Crippen LogP) is 0.553. The first kappa shape index (κ1) is 15.5. The van der Waals surface area contributed by atoms with Gasteiger partial charge in [0.25, 0.3) is 0 Å². The molecule has 1 aliphatic heterocycles. The van der Waals surface area contributed by atoms with Gasteiger partial charge in [0.2, 0.25) is 5.79 Å². The molecule has 114 valence electrons. The topological polar surface area (TPSA) is 111 Å². The number of aliphatic imine (C=N–C) groups is 1. The molecule has 7 heteroatoms. The Balaban J connectivity index is 2.22. The lowest BCUT2D eigenvalue weighted by atomic mass is 10.1. The smallest absolute Gasteiger partial charge is 0.211 e. The van der Waals surface area contributed by atoms with Crippen molar-refractivity contribution in [2.24, 2.45) is 16.5 Å². The van der Waals surface area contributed by atoms with Crippen LogP contribution < -0.4 is 16.8 Å². The van der Waals surface area contributed by atoms with Crippen LogP contribution in [0, 0.1) is 0 Å². The van der Waals surface area contributed by atoms with Crippen molar-refractivity contribution in [3.8, 4) is 0 Å². The average molecular weight is 308 g/mol. The second kappa shape index (κ2) is 5.50. The molecule has 1 aromatic rings. The summed E-state index contributed by atoms with van der Waals surface area (Å²) in [6, 6.07) is 7.01. The zero-order chi connectivity index (χ0) is 15.7. The Labute approximate surface area is 124 Å². The summed E-state index contributed by atoms with van der Waals surface area (Å²) in [6.07, 6.45) is 3.26. The van der Waals surface area contributed by atoms with E-state index in [1.165, 1.54) is 0 Å². The lowest BCUT2D eigenvalue weighted by molar-refractivity contribution is 0.410. The van der Waals surface area contributed by atoms with Gasteiger partial charge in [-0.15, -0.1) is 0 Å². The van der Waals surface area contributed by atoms with Gasteiger partial charge in [-0.2, -0.15) is 0 Å². The van der Waals surface area contributed by atoms with Gasteiger partial charge in [-0.25, -0.2) is 13.4 Å². The fourth-order valence-electron chi connectivity index (χ4n) is 1.93. The number of nitrogens with two attached hydrogens (primary N) is 2. The van der Waals surface area contributed by atoms with Crippen LogP contribution in [0.2, 0.25) is 0 Å². The fourth-order valence-corrected chi connectivity index (χ4v) is 2.92. The number of hydrogen-bond acceptors (Lipinski definition) is 6. The number of nitrogens with zero attached hydrogens (tertiary/aromatic N) is 1. The van der Waals surface area contributed by atoms with Crippen molar-refractivity contribution in [1.82, 2.24) is 5.32 Å². The van der Waals surface area contributed by atoms with Crippen molar-refractivity contribution >= 4 is 15.7 Å². The normalized spacial score (nSPS) is 22.0. The van der Waals surface area contributed by atoms with Crippen LogP contribution in [-0.4, -0.2) is 19.5 Å². The Hall–Kier alpha value is -1.86. The second-order valence-electron chi connectivity index (χ2n) is 5.33. The molecule has 0 spiro atoms. The van der Waals surface area contributed by atoms with Crippen molar-refractivity contribution in [2.75, 3.05) is 0 Å². The quantitative estimate of drug-likeness (QED) is 0.752. The number of sulfone groups is 1. The van der Waals surface area contributed by atoms with E-state index in [4.69, 9.17) is 11.5 Å². The van der Waals surface area contributed by atoms with Crippen molar-refractivity contribution in [3.05, 3.63) is 47.7 Å². The van der Waals surface area contributed by atoms with Gasteiger partial charge in [-0.05, 0) is 25.5 Å². The molecule has 0 fully saturated rings. The number of hydrogen-bond donors (Lipinski definition) is 3. The van der Waals surface area contributed by atoms with Gasteiger partial charge in [0.15, 0.2) is 9.84 Å². The molecule has 2 rings (SSSR count). The van der Waals surface area contributed by atoms with Gasteiger partial charge in [0.1, 0.15) is 5.84 Å². The van der Waals surface area contributed by atoms with Gasteiger partial charge in [0.05, 0.1) is 11.0 Å². The van der Waals surface area contributed by atoms with E-state index in [9.17, 15) is 8.42 Å². The maximum atomic E-state index is 11.9. The summed E-state index contributed by atoms with van der Waals surface area (Å²) >= 11 is 0. The van der Waals surface area contributed by atoms with E-state index in [1.54, 1.807) is 50.4 Å². The summed E-state index contributed by atoms with van der Waals surface area (Å²) in [7, 11) is -3.12. The maximum Gasteiger partial charge on any atom is 0.211 e. The number of benzene rings is 1. The third-order valence-corrected chi connectivity index (χ3v) is 5.52. The maximum absolute atomic E-state index is 11.9. The molecule has 21 heavy (non-hydrogen) atoms. The lowest BCUT2D eigenvalue weighted by Crippen LogP contribution is -2.49. The average Bonchev–Trinajstić information content (AvgIpc) is 2.38. The van der Waals surface area contributed by atoms with Crippen LogP contribution in [0.25, 0.3) is 0 Å². The van der Waals surface area contributed by atoms with E-state index in [2.05, 4.69) is 10.3 Å². The molecule has 0 saturated heterocycles. The monoisotopic (exact) mass is 308 g/mol. The lowest BCUT2D eigenvalue weighted by Gasteiger charge is -2.28. The highest BCUT2D eigenvalue weighted by atomic mass is 32.2. The van der Waals surface area contributed by atoms with E-state index < -0.39 is 20.9 Å². The van der Waals surface area contributed by atoms with Crippen LogP contribution in [0.1, 0.15) is 25.0 Å². The molecule has 0 aliphatic carbocycles. The number of rotatable bonds is 4. The van der Waals surface area contributed by atoms with Crippen molar-refractivity contribution in [3.63, 3.8) is 0 Å². The van der Waals surface area contributed by atoms with Crippen molar-refractivity contribution < 1.29 is 8.42 Å². The minimum Gasteiger partial charge on any atom is -0.384 e. The van der Waals surface area contributed by atoms with Gasteiger partial charge in [0, 0.05) is 11.8 Å². The molecule has 5 N–H and O–H groups in total. The highest BCUT2D eigenvalue weighted by Gasteiger charge is 2.27. The molecule has 0 amide bonds. The molecule has 0 saturated carbocycles. The van der Waals surface area contributed by atoms with Crippen LogP contribution in [0.5, 0.6) is 0 Å². The Bertz CT molecular complexity index is 677. The largest absolute Gasteiger partial charge is 0.384 e. The van der Waals surface area contributed by atoms with Gasteiger partial charge in [-0.1, -0.05) is 24.3 Å². The Kier molecular flexibility index (Phi) is 4.06. The molecule has 1 heterocycles. The molecule has 0 aromatic heterocycles. The zero-order valence-electron chi connectivity index (χ0n) is 12.1. The molecule has 1 aliphatic rings. The summed E-state index contributed by atoms with van der Waals surface area (Å²) in [5, 5.41) is 2.54. The minimum atomic E-state index is -3.12. The highest BCUT2D eigenvalue weighted by molar-refractivity contribution is 7.91. The van der Waals surface area contributed by atoms with Crippen LogP contribution in [0.4, 0.5) is 0 Å². The molecule has 0 radical (unpaired) electrons. The van der Waals surface area contributed by atoms with E-state index in [-0.39, 0.29) is 5.75 Å². The van der Waals surface area contributed by atoms with Crippen molar-refractivity contribution in [1.29, 1.82) is 0 Å². The van der Waals surface area contributed by atoms with E-state index in [0.29, 0.717) is 11.4 Å². The summed E-state index contributed by atoms with van der Waals surface area (Å²) in [6.45, 7) is 3.35. The molecule has 1 unspecified atom stereocenters. The SMILES string of the molecule is CC(C)S(=O)(=O)Cc1ccc(C2(N)N=C(N)C=CN2)cc1. The highest BCUT2D eigenvalue weighted by Crippen LogP contribution is 2.21. The predicted molar refractivity (Wildman–Crippen MR) is 84.0 cm³/mol. The van der Waals surface area contributed by atoms with Crippen molar-refractivity contribution in [2.45, 2.75) is 30.6 Å². The minimum absolute atomic E-state index is 0.0151. The molecule has 6 nitrogen and oxygen atoms in total. The van der Waals surface area contributed by atoms with Crippen LogP contribution in [0.15, 0.2) is 41.5 Å². The first-order valence-electron chi connectivity index (χ1n) is 6.62. The molecular formula is C14H20N4O2S. The third kappa shape index (κ3) is 3.43. The number of amidine groups is 1. The zero-order valence-corrected chi connectivity index (χ0v) is 12.9. The summed E-state index contributed by atoms with van der Waals surface area (Å²) in [4.78, 5) is 4.17. The Morgan fingerprint density at radius 1 is 1.29 bits per heavy atom. The first-order valence-corrected chi connectivity index (χ1v) is 8.34. The summed E-state index contributed by atoms with van der Waals surface area (Å²) in [5.41, 5.74) is 13.2. The third-order valence-electron chi connectivity index (χ3n) is 3.34. The van der Waals surface area contributed by atoms with Crippen LogP contribution >= 0.6 is 0 Å². The first-order chi connectivity index (χ1) is 9.73. The van der Waals surface area contributed by atoms with Gasteiger partial charge < -0.3 is 11.1 Å². The molecular weight excluding hydrogens is 288 g/mol. The van der Waals surface area contributed by atoms with Gasteiger partial charge in [-0.3, -0.25) is 5.73 Å². The fraction of sp³-hybridized carbons (Fsp3) is 0.357. The Morgan fingerprint density at radius 3 is 2.43 bits per heavy atom. The standard InChI is InChI=1S/C14H20N4O2S/c1-10(2)21(19,20)9-11-3-5-12(6-4-11)14(16)17-8-7-13(15)18-14/h3-8,10,17H,9,16H2,1-2H3,(H2,15,18). The van der Waals surface area contributed by atoms with Gasteiger partial charge >= 0.3 is 0 Å². The molecule has 0 bridgehead atoms. The Morgan fingerprint density at radius 2 is 1.90 bits per heavy atom. The summed E-state index contributed by atoms with van der Waals surface area (Å²) < 4.78 is 23.8. The van der Waals surface area contributed by atoms with E-state index >= 15 is 0 Å². The van der Waals surface area contributed by atoms with E-state index in [0.717, 1.165) is 5.56 Å². The van der Waals surface area contributed by atoms with Crippen LogP contribution in [0.3, 0.4) is 0 Å². The number of nitrogens with one attached hydrogen (secondary N) is 1. The molecule has 1 aromatic carbocycles.